The molecule has 1 amide bonds. The van der Waals surface area contributed by atoms with Crippen molar-refractivity contribution in [3.8, 4) is 22.4 Å². The molecule has 0 unspecified atom stereocenters. The molecule has 3 saturated heterocycles. The minimum Gasteiger partial charge on any atom is -0.393 e. The number of sulfonamides is 1. The van der Waals surface area contributed by atoms with Gasteiger partial charge >= 0.3 is 5.51 Å². The number of anilines is 4. The molecule has 416 valence electrons. The fourth-order valence-corrected chi connectivity index (χ4v) is 13.7. The smallest absolute Gasteiger partial charge is 0.393 e. The van der Waals surface area contributed by atoms with E-state index in [0.717, 1.165) is 56.5 Å². The maximum absolute atomic E-state index is 14.5. The molecule has 0 aliphatic carbocycles. The first-order chi connectivity index (χ1) is 37.3. The number of hydrogen-bond acceptors (Lipinski definition) is 12. The van der Waals surface area contributed by atoms with Crippen molar-refractivity contribution in [1.82, 2.24) is 14.4 Å². The van der Waals surface area contributed by atoms with Crippen molar-refractivity contribution < 1.29 is 44.6 Å². The molecule has 3 N–H and O–H groups in total. The number of aliphatic hydroxyl groups excluding tert-OH is 1. The Labute approximate surface area is 464 Å². The van der Waals surface area contributed by atoms with E-state index in [1.54, 1.807) is 24.3 Å². The fourth-order valence-electron chi connectivity index (χ4n) is 10.5. The van der Waals surface area contributed by atoms with Crippen LogP contribution >= 0.6 is 23.4 Å². The highest BCUT2D eigenvalue weighted by atomic mass is 35.5. The first-order valence-corrected chi connectivity index (χ1v) is 30.5. The number of aliphatic hydroxyl groups is 1. The van der Waals surface area contributed by atoms with Gasteiger partial charge in [-0.2, -0.15) is 13.2 Å². The van der Waals surface area contributed by atoms with Crippen LogP contribution in [-0.4, -0.2) is 138 Å². The summed E-state index contributed by atoms with van der Waals surface area (Å²) < 4.78 is 108. The van der Waals surface area contributed by atoms with Gasteiger partial charge in [-0.05, 0) is 130 Å². The Balaban J connectivity index is 0.906. The number of benzene rings is 5. The second-order valence-electron chi connectivity index (χ2n) is 20.2. The number of piperazine rings is 1. The lowest BCUT2D eigenvalue weighted by atomic mass is 9.95. The summed E-state index contributed by atoms with van der Waals surface area (Å²) in [4.78, 5) is 22.1. The molecular formula is C57H65ClF3N7O7S3. The van der Waals surface area contributed by atoms with Gasteiger partial charge in [-0.25, -0.2) is 16.8 Å². The molecule has 3 aliphatic rings. The van der Waals surface area contributed by atoms with Gasteiger partial charge in [0.05, 0.1) is 41.2 Å². The molecule has 1 aromatic heterocycles. The van der Waals surface area contributed by atoms with Gasteiger partial charge in [-0.15, -0.1) is 11.8 Å². The summed E-state index contributed by atoms with van der Waals surface area (Å²) >= 11 is 7.83. The van der Waals surface area contributed by atoms with Gasteiger partial charge in [0.2, 0.25) is 0 Å². The molecule has 6 aromatic rings. The molecule has 3 aliphatic heterocycles. The molecule has 5 aromatic carbocycles. The van der Waals surface area contributed by atoms with Crippen molar-refractivity contribution in [2.24, 2.45) is 0 Å². The zero-order valence-corrected chi connectivity index (χ0v) is 47.0. The van der Waals surface area contributed by atoms with Gasteiger partial charge < -0.3 is 39.3 Å². The van der Waals surface area contributed by atoms with E-state index in [1.807, 2.05) is 72.5 Å². The number of aromatic nitrogens is 1. The number of sulfone groups is 1. The third-order valence-electron chi connectivity index (χ3n) is 14.6. The lowest BCUT2D eigenvalue weighted by Gasteiger charge is -2.37. The molecule has 21 heteroatoms. The number of rotatable bonds is 18. The molecule has 1 atom stereocenters. The van der Waals surface area contributed by atoms with Crippen LogP contribution in [-0.2, 0) is 24.6 Å². The predicted molar refractivity (Wildman–Crippen MR) is 304 cm³/mol. The normalized spacial score (nSPS) is 16.7. The second-order valence-corrected chi connectivity index (χ2v) is 25.3. The standard InChI is InChI=1S/C57H65ClF3N7O7S3/c1-39(2)68-40(3)53(56(70)67-32-34-75-35-33-67)54(55(68)41-12-14-43(58)15-13-41)42-8-7-9-47(36-42)66-30-28-65(29-31-66)46-18-16-44(17-19-46)63-78(73,74)50-20-21-51(52(37-50)77(71,72)57(59,60)61)62-45(38-76-49-10-5-4-6-11-49)22-25-64-26-23-48(69)24-27-64/h4-21,36-37,39,45,48,62-63,69H,22-35,38H2,1-3H3/t45-/m1/s1. The molecule has 0 saturated carbocycles. The molecule has 9 rings (SSSR count). The Bertz CT molecular complexity index is 3270. The van der Waals surface area contributed by atoms with E-state index in [9.17, 15) is 39.9 Å². The summed E-state index contributed by atoms with van der Waals surface area (Å²) in [5.41, 5.74) is 1.06. The Morgan fingerprint density at radius 1 is 0.782 bits per heavy atom. The van der Waals surface area contributed by atoms with Gasteiger partial charge in [-0.1, -0.05) is 54.1 Å². The number of piperidine rings is 1. The topological polar surface area (TPSA) is 157 Å². The van der Waals surface area contributed by atoms with Gasteiger partial charge in [0.15, 0.2) is 0 Å². The SMILES string of the molecule is Cc1c(C(=O)N2CCOCC2)c(-c2cccc(N3CCN(c4ccc(NS(=O)(=O)c5ccc(N[C@H](CCN6CCC(O)CC6)CSc6ccccc6)c(S(=O)(=O)C(F)(F)F)c5)cc4)CC3)c2)c(-c2ccc(Cl)cc2)n1C(C)C. The van der Waals surface area contributed by atoms with Crippen LogP contribution in [0.3, 0.4) is 0 Å². The number of alkyl halides is 3. The van der Waals surface area contributed by atoms with Crippen LogP contribution in [0.4, 0.5) is 35.9 Å². The number of carbonyl (C=O) groups excluding carboxylic acids is 1. The van der Waals surface area contributed by atoms with Crippen molar-refractivity contribution >= 4 is 71.9 Å². The molecule has 78 heavy (non-hydrogen) atoms. The number of nitrogens with zero attached hydrogens (tertiary/aromatic N) is 5. The third-order valence-corrected chi connectivity index (χ3v) is 19.0. The lowest BCUT2D eigenvalue weighted by molar-refractivity contribution is -0.0436. The summed E-state index contributed by atoms with van der Waals surface area (Å²) in [6.45, 7) is 12.6. The van der Waals surface area contributed by atoms with E-state index in [0.29, 0.717) is 114 Å². The van der Waals surface area contributed by atoms with E-state index in [2.05, 4.69) is 61.4 Å². The largest absolute Gasteiger partial charge is 0.501 e. The van der Waals surface area contributed by atoms with Crippen LogP contribution in [0.2, 0.25) is 5.02 Å². The number of thioether (sulfide) groups is 1. The fraction of sp³-hybridized carbons (Fsp3) is 0.386. The summed E-state index contributed by atoms with van der Waals surface area (Å²) in [5, 5.41) is 13.7. The highest BCUT2D eigenvalue weighted by Gasteiger charge is 2.48. The molecular weight excluding hydrogens is 1080 g/mol. The van der Waals surface area contributed by atoms with Crippen LogP contribution in [0.5, 0.6) is 0 Å². The average molecular weight is 1150 g/mol. The number of halogens is 4. The van der Waals surface area contributed by atoms with Crippen LogP contribution in [0.25, 0.3) is 22.4 Å². The Kier molecular flexibility index (Phi) is 17.8. The quantitative estimate of drug-likeness (QED) is 0.0701. The predicted octanol–water partition coefficient (Wildman–Crippen LogP) is 10.7. The third kappa shape index (κ3) is 13.0. The number of carbonyl (C=O) groups is 1. The van der Waals surface area contributed by atoms with E-state index in [1.165, 1.54) is 11.8 Å². The summed E-state index contributed by atoms with van der Waals surface area (Å²) in [6, 6.07) is 34.3. The van der Waals surface area contributed by atoms with E-state index >= 15 is 0 Å². The number of nitrogens with one attached hydrogen (secondary N) is 2. The van der Waals surface area contributed by atoms with Gasteiger partial charge in [-0.3, -0.25) is 9.52 Å². The molecule has 0 spiro atoms. The van der Waals surface area contributed by atoms with Crippen molar-refractivity contribution in [2.75, 3.05) is 97.7 Å². The van der Waals surface area contributed by atoms with Crippen LogP contribution in [0.1, 0.15) is 55.2 Å². The first kappa shape index (κ1) is 57.0. The Hall–Kier alpha value is -5.74. The lowest BCUT2D eigenvalue weighted by Crippen LogP contribution is -2.46. The highest BCUT2D eigenvalue weighted by Crippen LogP contribution is 2.44. The molecule has 0 bridgehead atoms. The van der Waals surface area contributed by atoms with Crippen LogP contribution in [0, 0.1) is 6.92 Å². The number of hydrogen-bond donors (Lipinski definition) is 3. The van der Waals surface area contributed by atoms with E-state index in [-0.39, 0.29) is 29.4 Å². The van der Waals surface area contributed by atoms with Crippen molar-refractivity contribution in [1.29, 1.82) is 0 Å². The summed E-state index contributed by atoms with van der Waals surface area (Å²) in [5.74, 6) is 0.335. The van der Waals surface area contributed by atoms with Crippen molar-refractivity contribution in [3.05, 3.63) is 138 Å². The minimum atomic E-state index is -6.03. The minimum absolute atomic E-state index is 0.0352. The van der Waals surface area contributed by atoms with E-state index in [4.69, 9.17) is 16.3 Å². The van der Waals surface area contributed by atoms with Gasteiger partial charge in [0.25, 0.3) is 25.8 Å². The zero-order chi connectivity index (χ0) is 55.4. The number of amides is 1. The molecule has 4 heterocycles. The highest BCUT2D eigenvalue weighted by molar-refractivity contribution is 7.99. The molecule has 3 fully saturated rings. The van der Waals surface area contributed by atoms with E-state index < -0.39 is 41.2 Å². The summed E-state index contributed by atoms with van der Waals surface area (Å²) in [6.07, 6.45) is 1.24. The average Bonchev–Trinajstić information content (AvgIpc) is 3.84. The number of morpholine rings is 1. The van der Waals surface area contributed by atoms with Gasteiger partial charge in [0.1, 0.15) is 4.90 Å². The van der Waals surface area contributed by atoms with Crippen molar-refractivity contribution in [3.63, 3.8) is 0 Å². The maximum Gasteiger partial charge on any atom is 0.501 e. The van der Waals surface area contributed by atoms with Crippen molar-refractivity contribution in [2.45, 2.75) is 78.4 Å². The Morgan fingerprint density at radius 2 is 1.44 bits per heavy atom. The number of likely N-dealkylation sites (tertiary alicyclic amines) is 1. The zero-order valence-electron chi connectivity index (χ0n) is 43.8. The first-order valence-electron chi connectivity index (χ1n) is 26.2. The summed E-state index contributed by atoms with van der Waals surface area (Å²) in [7, 11) is -10.6. The maximum atomic E-state index is 14.5. The van der Waals surface area contributed by atoms with Gasteiger partial charge in [0, 0.05) is 115 Å². The second kappa shape index (κ2) is 24.3. The van der Waals surface area contributed by atoms with Crippen LogP contribution < -0.4 is 19.8 Å². The molecule has 0 radical (unpaired) electrons. The number of ether oxygens (including phenoxy) is 1. The molecule has 14 nitrogen and oxygen atoms in total. The van der Waals surface area contributed by atoms with Crippen LogP contribution in [0.15, 0.2) is 136 Å². The monoisotopic (exact) mass is 1150 g/mol. The Morgan fingerprint density at radius 3 is 2.08 bits per heavy atom.